The Bertz CT molecular complexity index is 337. The lowest BCUT2D eigenvalue weighted by molar-refractivity contribution is -0.133. The molecule has 0 bridgehead atoms. The van der Waals surface area contributed by atoms with E-state index in [4.69, 9.17) is 0 Å². The van der Waals surface area contributed by atoms with Crippen LogP contribution in [0.1, 0.15) is 20.8 Å². The molecule has 0 aliphatic rings. The topological polar surface area (TPSA) is 54.5 Å². The Balaban J connectivity index is 4.90. The van der Waals surface area contributed by atoms with E-state index in [0.717, 1.165) is 6.26 Å². The van der Waals surface area contributed by atoms with Gasteiger partial charge in [0.25, 0.3) is 0 Å². The largest absolute Gasteiger partial charge is 0.339 e. The summed E-state index contributed by atoms with van der Waals surface area (Å²) in [6, 6.07) is 0. The van der Waals surface area contributed by atoms with E-state index in [1.165, 1.54) is 11.8 Å². The minimum atomic E-state index is -3.32. The lowest BCUT2D eigenvalue weighted by atomic mass is 10.1. The van der Waals surface area contributed by atoms with E-state index >= 15 is 0 Å². The van der Waals surface area contributed by atoms with Crippen LogP contribution in [-0.4, -0.2) is 48.6 Å². The van der Waals surface area contributed by atoms with E-state index in [1.807, 2.05) is 13.8 Å². The van der Waals surface area contributed by atoms with E-state index in [1.54, 1.807) is 7.05 Å². The van der Waals surface area contributed by atoms with Crippen LogP contribution < -0.4 is 0 Å². The lowest BCUT2D eigenvalue weighted by Gasteiger charge is -2.35. The second-order valence-electron chi connectivity index (χ2n) is 4.32. The van der Waals surface area contributed by atoms with Gasteiger partial charge in [-0.25, -0.2) is 8.42 Å². The molecule has 4 nitrogen and oxygen atoms in total. The van der Waals surface area contributed by atoms with Gasteiger partial charge in [-0.3, -0.25) is 4.79 Å². The molecule has 0 N–H and O–H groups in total. The van der Waals surface area contributed by atoms with Gasteiger partial charge >= 0.3 is 0 Å². The van der Waals surface area contributed by atoms with Crippen molar-refractivity contribution in [1.82, 2.24) is 4.90 Å². The molecule has 0 saturated heterocycles. The first-order chi connectivity index (χ1) is 6.54. The van der Waals surface area contributed by atoms with Crippen LogP contribution in [0.15, 0.2) is 0 Å². The summed E-state index contributed by atoms with van der Waals surface area (Å²) in [7, 11) is -1.71. The molecule has 0 heterocycles. The van der Waals surface area contributed by atoms with Crippen LogP contribution in [-0.2, 0) is 14.6 Å². The molecule has 0 saturated carbocycles. The van der Waals surface area contributed by atoms with Gasteiger partial charge in [0.05, 0.1) is 0 Å². The van der Waals surface area contributed by atoms with Gasteiger partial charge in [-0.15, -0.1) is 0 Å². The van der Waals surface area contributed by atoms with Crippen LogP contribution >= 0.6 is 15.9 Å². The highest BCUT2D eigenvalue weighted by Crippen LogP contribution is 2.17. The van der Waals surface area contributed by atoms with E-state index in [0.29, 0.717) is 5.33 Å². The van der Waals surface area contributed by atoms with Crippen LogP contribution in [0.3, 0.4) is 0 Å². The molecular weight excluding hydrogens is 282 g/mol. The molecule has 90 valence electrons. The number of hydrogen-bond acceptors (Lipinski definition) is 3. The monoisotopic (exact) mass is 299 g/mol. The van der Waals surface area contributed by atoms with Crippen molar-refractivity contribution in [2.75, 3.05) is 18.6 Å². The zero-order valence-corrected chi connectivity index (χ0v) is 12.1. The van der Waals surface area contributed by atoms with Crippen molar-refractivity contribution in [3.63, 3.8) is 0 Å². The molecule has 6 heteroatoms. The average molecular weight is 300 g/mol. The molecule has 0 radical (unpaired) electrons. The second-order valence-corrected chi connectivity index (χ2v) is 7.24. The molecule has 1 atom stereocenters. The molecule has 1 amide bonds. The quantitative estimate of drug-likeness (QED) is 0.729. The fourth-order valence-electron chi connectivity index (χ4n) is 0.844. The highest BCUT2D eigenvalue weighted by atomic mass is 79.9. The number of hydrogen-bond donors (Lipinski definition) is 0. The van der Waals surface area contributed by atoms with Gasteiger partial charge in [0.1, 0.15) is 5.25 Å². The Kier molecular flexibility index (Phi) is 4.79. The van der Waals surface area contributed by atoms with Crippen LogP contribution in [0.25, 0.3) is 0 Å². The van der Waals surface area contributed by atoms with E-state index in [2.05, 4.69) is 15.9 Å². The summed E-state index contributed by atoms with van der Waals surface area (Å²) in [6.07, 6.45) is 1.07. The number of carbonyl (C=O) groups is 1. The first-order valence-corrected chi connectivity index (χ1v) is 7.64. The smallest absolute Gasteiger partial charge is 0.240 e. The third-order valence-corrected chi connectivity index (χ3v) is 5.41. The van der Waals surface area contributed by atoms with Crippen molar-refractivity contribution in [3.05, 3.63) is 0 Å². The average Bonchev–Trinajstić information content (AvgIpc) is 2.12. The van der Waals surface area contributed by atoms with E-state index in [9.17, 15) is 13.2 Å². The number of sulfone groups is 1. The van der Waals surface area contributed by atoms with Gasteiger partial charge in [0.2, 0.25) is 5.91 Å². The van der Waals surface area contributed by atoms with Gasteiger partial charge in [0, 0.05) is 24.2 Å². The SMILES string of the molecule is CC(C(=O)N(C)C(C)(C)CBr)S(C)(=O)=O. The Labute approximate surface area is 100 Å². The number of carbonyl (C=O) groups excluding carboxylic acids is 1. The number of rotatable bonds is 4. The molecule has 0 spiro atoms. The van der Waals surface area contributed by atoms with Gasteiger partial charge in [-0.1, -0.05) is 15.9 Å². The maximum Gasteiger partial charge on any atom is 0.240 e. The predicted octanol–water partition coefficient (Wildman–Crippen LogP) is 1.05. The van der Waals surface area contributed by atoms with Crippen molar-refractivity contribution < 1.29 is 13.2 Å². The minimum Gasteiger partial charge on any atom is -0.339 e. The summed E-state index contributed by atoms with van der Waals surface area (Å²) < 4.78 is 22.5. The third-order valence-electron chi connectivity index (χ3n) is 2.56. The Morgan fingerprint density at radius 3 is 2.13 bits per heavy atom. The lowest BCUT2D eigenvalue weighted by Crippen LogP contribution is -2.51. The standard InChI is InChI=1S/C9H18BrNO3S/c1-7(15(5,13)14)8(12)11(4)9(2,3)6-10/h7H,6H2,1-5H3. The second kappa shape index (κ2) is 4.82. The summed E-state index contributed by atoms with van der Waals surface area (Å²) in [5, 5.41) is -0.389. The van der Waals surface area contributed by atoms with E-state index in [-0.39, 0.29) is 5.91 Å². The molecule has 0 aliphatic carbocycles. The van der Waals surface area contributed by atoms with Gasteiger partial charge < -0.3 is 4.90 Å². The van der Waals surface area contributed by atoms with Gasteiger partial charge in [0.15, 0.2) is 9.84 Å². The van der Waals surface area contributed by atoms with Crippen molar-refractivity contribution in [2.24, 2.45) is 0 Å². The van der Waals surface area contributed by atoms with Crippen molar-refractivity contribution >= 4 is 31.7 Å². The third kappa shape index (κ3) is 3.75. The minimum absolute atomic E-state index is 0.373. The number of alkyl halides is 1. The zero-order chi connectivity index (χ0) is 12.4. The summed E-state index contributed by atoms with van der Waals surface area (Å²) in [5.74, 6) is -0.373. The summed E-state index contributed by atoms with van der Waals surface area (Å²) in [5.41, 5.74) is -0.393. The number of halogens is 1. The fraction of sp³-hybridized carbons (Fsp3) is 0.889. The van der Waals surface area contributed by atoms with E-state index < -0.39 is 20.6 Å². The van der Waals surface area contributed by atoms with Gasteiger partial charge in [-0.2, -0.15) is 0 Å². The molecule has 0 fully saturated rings. The molecule has 0 aliphatic heterocycles. The summed E-state index contributed by atoms with van der Waals surface area (Å²) >= 11 is 3.30. The van der Waals surface area contributed by atoms with Crippen molar-refractivity contribution in [1.29, 1.82) is 0 Å². The Morgan fingerprint density at radius 2 is 1.87 bits per heavy atom. The molecule has 0 aromatic heterocycles. The molecule has 15 heavy (non-hydrogen) atoms. The molecular formula is C9H18BrNO3S. The fourth-order valence-corrected chi connectivity index (χ4v) is 1.74. The van der Waals surface area contributed by atoms with Crippen LogP contribution in [0.2, 0.25) is 0 Å². The Hall–Kier alpha value is -0.100. The highest BCUT2D eigenvalue weighted by molar-refractivity contribution is 9.09. The Morgan fingerprint density at radius 1 is 1.47 bits per heavy atom. The first-order valence-electron chi connectivity index (χ1n) is 4.56. The molecule has 0 aromatic carbocycles. The van der Waals surface area contributed by atoms with Crippen LogP contribution in [0, 0.1) is 0 Å². The van der Waals surface area contributed by atoms with Crippen LogP contribution in [0.5, 0.6) is 0 Å². The molecule has 0 rings (SSSR count). The first kappa shape index (κ1) is 14.9. The zero-order valence-electron chi connectivity index (χ0n) is 9.74. The number of amides is 1. The summed E-state index contributed by atoms with van der Waals surface area (Å²) in [6.45, 7) is 5.15. The highest BCUT2D eigenvalue weighted by Gasteiger charge is 2.33. The maximum absolute atomic E-state index is 11.8. The van der Waals surface area contributed by atoms with Crippen molar-refractivity contribution in [3.8, 4) is 0 Å². The van der Waals surface area contributed by atoms with Crippen LogP contribution in [0.4, 0.5) is 0 Å². The summed E-state index contributed by atoms with van der Waals surface area (Å²) in [4.78, 5) is 13.3. The van der Waals surface area contributed by atoms with Crippen molar-refractivity contribution in [2.45, 2.75) is 31.6 Å². The predicted molar refractivity (Wildman–Crippen MR) is 64.9 cm³/mol. The maximum atomic E-state index is 11.8. The normalized spacial score (nSPS) is 14.8. The molecule has 0 aromatic rings. The number of nitrogens with zero attached hydrogens (tertiary/aromatic N) is 1. The van der Waals surface area contributed by atoms with Gasteiger partial charge in [-0.05, 0) is 20.8 Å². The molecule has 1 unspecified atom stereocenters.